The van der Waals surface area contributed by atoms with Crippen LogP contribution in [0.4, 0.5) is 58.4 Å². The molecule has 0 unspecified atom stereocenters. The number of aromatic nitrogens is 8. The normalized spacial score (nSPS) is 20.8. The van der Waals surface area contributed by atoms with Crippen molar-refractivity contribution in [1.29, 1.82) is 0 Å². The number of anilines is 4. The lowest BCUT2D eigenvalue weighted by atomic mass is 10.1. The second-order valence-corrected chi connectivity index (χ2v) is 47.7. The molecule has 145 heavy (non-hydrogen) atoms. The Balaban J connectivity index is 0.000000172. The van der Waals surface area contributed by atoms with Gasteiger partial charge in [-0.2, -0.15) is 0 Å². The van der Waals surface area contributed by atoms with Crippen LogP contribution >= 0.6 is 45.3 Å². The maximum atomic E-state index is 14.1. The fraction of sp³-hybridized carbons (Fsp3) is 0.588. The Hall–Kier alpha value is -10.7. The Morgan fingerprint density at radius 2 is 0.634 bits per heavy atom. The molecule has 7 aliphatic heterocycles. The van der Waals surface area contributed by atoms with Crippen LogP contribution in [0.1, 0.15) is 277 Å². The van der Waals surface area contributed by atoms with Crippen molar-refractivity contribution >= 4 is 136 Å². The number of carbonyl (C=O) groups is 8. The number of aliphatic hydroxyl groups is 1. The molecule has 0 saturated carbocycles. The summed E-state index contributed by atoms with van der Waals surface area (Å²) in [5, 5.41) is 33.7. The lowest BCUT2D eigenvalue weighted by molar-refractivity contribution is 0.0115. The van der Waals surface area contributed by atoms with E-state index in [0.29, 0.717) is 117 Å². The highest BCUT2D eigenvalue weighted by Crippen LogP contribution is 2.45. The molecule has 8 aromatic heterocycles. The van der Waals surface area contributed by atoms with Gasteiger partial charge in [-0.15, -0.1) is 45.3 Å². The SMILES string of the molecule is CC[C@@H](C)Nc1cc(C)c(-c2sc(C(=O)NC3CCOCC3)nc2C(=O)N2CC(F)(F)C[C@@H]2C)cn1.CC[C@@H](C)Nc1cc(C)c(-c2sc(C(=O)NC3CCS(=O)(=O)CC3)nc2C(=O)N2CC(F)(F)C[C@@H]2C)cn1.CC[C@@H](C)Nc1cc(C)c(-c2sc(C(=O)N[C@H](C)CO)nc2C(=O)N2CC(F)(F)C[C@@H]2C)cn1.Cc1cc(NC(C)C)ncc1-c1sc(C(=O)NC2CCS(=O)(=O)CC2)nc1C(=O)N1CC(F)(F)C[C@@H]1C. The van der Waals surface area contributed by atoms with Gasteiger partial charge in [0.15, 0.2) is 20.0 Å². The predicted octanol–water partition coefficient (Wildman–Crippen LogP) is 15.6. The van der Waals surface area contributed by atoms with E-state index in [9.17, 15) is 95.4 Å². The van der Waals surface area contributed by atoms with Crippen LogP contribution in [0.3, 0.4) is 0 Å². The summed E-state index contributed by atoms with van der Waals surface area (Å²) < 4.78 is 165. The van der Waals surface area contributed by atoms with Crippen LogP contribution in [0, 0.1) is 27.7 Å². The number of aliphatic hydroxyl groups excluding tert-OH is 1. The third-order valence-electron chi connectivity index (χ3n) is 26.1. The number of alkyl halides is 8. The molecule has 0 radical (unpaired) electrons. The topological polar surface area (TPSA) is 447 Å². The summed E-state index contributed by atoms with van der Waals surface area (Å²) in [6, 6.07) is 4.32. The molecule has 8 amide bonds. The number of nitrogens with zero attached hydrogens (tertiary/aromatic N) is 12. The van der Waals surface area contributed by atoms with Crippen LogP contribution in [0.15, 0.2) is 49.1 Å². The standard InChI is InChI=1S/C25H33F2N5O4S2.C25H33F2N5O3S.C24H31F2N5O4S2.C23H31F2N5O3S/c1-5-15(3)29-19-10-14(2)18(12-28-19)21-20(24(34)32-13-25(26,27)11-16(32)4)31-23(37-21)22(33)30-17-6-8-38(35,36)9-7-17;1-5-15(3)29-19-10-14(2)18(12-28-19)21-20(24(34)32-13-25(26,27)11-16(32)4)31-23(36-21)22(33)30-17-6-8-35-9-7-17;1-13(2)28-18-9-14(3)17(11-27-18)20-19(23(33)31-12-24(25,26)10-15(31)4)30-22(36-20)21(32)29-16-5-7-37(34,35)8-6-16;1-6-13(3)27-17-7-12(2)16(9-26-17)19-18(22(33)30-11-23(24,25)8-15(30)5)29-21(34-19)20(32)28-14(4)10-31/h10,12,15-17H,5-9,11,13H2,1-4H3,(H,28,29)(H,30,33);10,12,15-17H,5-9,11,13H2,1-4H3,(H,28,29)(H,30,33);9,11,13,15-16H,5-8,10,12H2,1-4H3,(H,27,28)(H,29,32);7,9,13-15,31H,6,8,10-11H2,1-5H3,(H,26,27)(H,28,32)/t2*15-,16+;15-;13-,14-,15+/m1101/s1. The lowest BCUT2D eigenvalue weighted by Gasteiger charge is -2.22. The van der Waals surface area contributed by atoms with Crippen LogP contribution in [0.5, 0.6) is 0 Å². The minimum atomic E-state index is -3.10. The number of ether oxygens (including phenoxy) is 1. The van der Waals surface area contributed by atoms with Crippen molar-refractivity contribution in [3.63, 3.8) is 0 Å². The van der Waals surface area contributed by atoms with Crippen molar-refractivity contribution in [3.8, 4) is 41.8 Å². The monoisotopic (exact) mass is 2140 g/mol. The molecule has 7 fully saturated rings. The zero-order valence-corrected chi connectivity index (χ0v) is 89.0. The molecule has 48 heteroatoms. The summed E-state index contributed by atoms with van der Waals surface area (Å²) in [5.74, 6) is -13.8. The van der Waals surface area contributed by atoms with E-state index in [0.717, 1.165) is 106 Å². The minimum Gasteiger partial charge on any atom is -0.394 e. The number of amides is 8. The van der Waals surface area contributed by atoms with E-state index in [1.807, 2.05) is 79.7 Å². The van der Waals surface area contributed by atoms with Gasteiger partial charge in [-0.1, -0.05) is 20.8 Å². The molecule has 0 aromatic carbocycles. The second kappa shape index (κ2) is 47.2. The van der Waals surface area contributed by atoms with Gasteiger partial charge in [-0.25, -0.2) is 91.8 Å². The molecule has 34 nitrogen and oxygen atoms in total. The van der Waals surface area contributed by atoms with Crippen LogP contribution in [-0.4, -0.2) is 294 Å². The molecule has 15 rings (SSSR count). The third kappa shape index (κ3) is 29.1. The molecule has 8 atom stereocenters. The first kappa shape index (κ1) is 113. The Morgan fingerprint density at radius 1 is 0.393 bits per heavy atom. The number of carbonyl (C=O) groups excluding carboxylic acids is 8. The van der Waals surface area contributed by atoms with E-state index < -0.39 is 167 Å². The van der Waals surface area contributed by atoms with Crippen LogP contribution in [-0.2, 0) is 24.4 Å². The van der Waals surface area contributed by atoms with Gasteiger partial charge < -0.3 is 72.0 Å². The fourth-order valence-electron chi connectivity index (χ4n) is 17.5. The predicted molar refractivity (Wildman–Crippen MR) is 543 cm³/mol. The molecule has 8 aromatic rings. The molecule has 0 spiro atoms. The molecule has 15 heterocycles. The van der Waals surface area contributed by atoms with Gasteiger partial charge in [0, 0.05) is 158 Å². The Kier molecular flexibility index (Phi) is 36.8. The zero-order valence-electron chi connectivity index (χ0n) is 84.1. The van der Waals surface area contributed by atoms with Gasteiger partial charge in [-0.05, 0) is 201 Å². The zero-order chi connectivity index (χ0) is 106. The van der Waals surface area contributed by atoms with E-state index in [4.69, 9.17) is 4.74 Å². The van der Waals surface area contributed by atoms with E-state index in [-0.39, 0.29) is 121 Å². The van der Waals surface area contributed by atoms with Crippen molar-refractivity contribution in [3.05, 3.63) is 114 Å². The number of halogens is 8. The largest absolute Gasteiger partial charge is 0.394 e. The van der Waals surface area contributed by atoms with E-state index in [2.05, 4.69) is 110 Å². The molecule has 0 bridgehead atoms. The number of pyridine rings is 4. The van der Waals surface area contributed by atoms with Crippen molar-refractivity contribution in [2.45, 2.75) is 297 Å². The smallest absolute Gasteiger partial charge is 0.280 e. The fourth-order valence-corrected chi connectivity index (χ4v) is 24.6. The average molecular weight is 2140 g/mol. The second-order valence-electron chi connectivity index (χ2n) is 39.1. The summed E-state index contributed by atoms with van der Waals surface area (Å²) >= 11 is 4.08. The van der Waals surface area contributed by atoms with E-state index >= 15 is 0 Å². The molecule has 0 aliphatic carbocycles. The van der Waals surface area contributed by atoms with Crippen molar-refractivity contribution in [2.75, 3.05) is 90.3 Å². The highest BCUT2D eigenvalue weighted by molar-refractivity contribution is 7.91. The molecule has 7 aliphatic rings. The number of hydrogen-bond donors (Lipinski definition) is 9. The molecule has 792 valence electrons. The maximum absolute atomic E-state index is 14.1. The maximum Gasteiger partial charge on any atom is 0.280 e. The number of rotatable bonds is 28. The van der Waals surface area contributed by atoms with Gasteiger partial charge in [0.2, 0.25) is 0 Å². The van der Waals surface area contributed by atoms with Gasteiger partial charge in [0.05, 0.1) is 75.3 Å². The summed E-state index contributed by atoms with van der Waals surface area (Å²) in [5.41, 5.74) is 5.43. The quantitative estimate of drug-likeness (QED) is 0.0206. The Labute approximate surface area is 854 Å². The molecule has 7 saturated heterocycles. The summed E-state index contributed by atoms with van der Waals surface area (Å²) in [4.78, 5) is 147. The summed E-state index contributed by atoms with van der Waals surface area (Å²) in [6.45, 7) is 29.7. The average Bonchev–Trinajstić information content (AvgIpc) is 1.63. The Morgan fingerprint density at radius 3 is 0.855 bits per heavy atom. The molecule has 9 N–H and O–H groups in total. The van der Waals surface area contributed by atoms with E-state index in [1.165, 1.54) is 0 Å². The van der Waals surface area contributed by atoms with Crippen molar-refractivity contribution in [1.82, 2.24) is 80.7 Å². The van der Waals surface area contributed by atoms with Gasteiger partial charge in [0.1, 0.15) is 65.7 Å². The number of likely N-dealkylation sites (tertiary alicyclic amines) is 4. The van der Waals surface area contributed by atoms with Crippen LogP contribution < -0.4 is 42.5 Å². The number of nitrogens with one attached hydrogen (secondary N) is 8. The summed E-state index contributed by atoms with van der Waals surface area (Å²) in [7, 11) is -6.19. The minimum absolute atomic E-state index is 0.00619. The lowest BCUT2D eigenvalue weighted by Crippen LogP contribution is -2.41. The first-order valence-electron chi connectivity index (χ1n) is 48.6. The van der Waals surface area contributed by atoms with Crippen LogP contribution in [0.25, 0.3) is 41.8 Å². The van der Waals surface area contributed by atoms with Gasteiger partial charge >= 0.3 is 0 Å². The van der Waals surface area contributed by atoms with E-state index in [1.54, 1.807) is 59.4 Å². The number of thiazole rings is 4. The number of hydrogen-bond acceptors (Lipinski definition) is 30. The first-order valence-corrected chi connectivity index (χ1v) is 55.5. The highest BCUT2D eigenvalue weighted by atomic mass is 32.2. The van der Waals surface area contributed by atoms with Crippen molar-refractivity contribution < 1.29 is 100 Å². The van der Waals surface area contributed by atoms with Gasteiger partial charge in [-0.3, -0.25) is 38.4 Å². The third-order valence-corrected chi connectivity index (χ3v) is 33.9. The molecular formula is C97H128F8N20O14S6. The number of aryl methyl sites for hydroxylation is 4. The van der Waals surface area contributed by atoms with Crippen molar-refractivity contribution in [2.24, 2.45) is 0 Å². The van der Waals surface area contributed by atoms with Gasteiger partial charge in [0.25, 0.3) is 70.9 Å². The highest BCUT2D eigenvalue weighted by Gasteiger charge is 2.51. The Bertz CT molecular complexity index is 6270. The van der Waals surface area contributed by atoms with Crippen LogP contribution in [0.2, 0.25) is 0 Å². The number of sulfone groups is 2. The molecular weight excluding hydrogens is 2010 g/mol. The summed E-state index contributed by atoms with van der Waals surface area (Å²) in [6.07, 6.45) is 10.1. The first-order chi connectivity index (χ1) is 68.1.